The molecule has 3 saturated heterocycles. The van der Waals surface area contributed by atoms with Crippen LogP contribution < -0.4 is 5.73 Å². The minimum absolute atomic E-state index is 0.0749. The van der Waals surface area contributed by atoms with Crippen LogP contribution in [0.1, 0.15) is 120 Å². The van der Waals surface area contributed by atoms with E-state index in [-0.39, 0.29) is 35.6 Å². The Balaban J connectivity index is 1.28. The van der Waals surface area contributed by atoms with Crippen molar-refractivity contribution in [1.82, 2.24) is 9.80 Å². The third kappa shape index (κ3) is 5.06. The fraction of sp³-hybridized carbons (Fsp3) is 0.696. The first-order chi connectivity index (χ1) is 25.9. The quantitative estimate of drug-likeness (QED) is 0.204. The highest BCUT2D eigenvalue weighted by molar-refractivity contribution is 5.99. The van der Waals surface area contributed by atoms with E-state index in [1.807, 2.05) is 6.07 Å². The number of nitrogens with zero attached hydrogens (tertiary/aromatic N) is 2. The lowest BCUT2D eigenvalue weighted by Gasteiger charge is -2.69. The number of carbonyl (C=O) groups is 2. The van der Waals surface area contributed by atoms with Gasteiger partial charge in [0.2, 0.25) is 0 Å². The number of nitrogens with two attached hydrogens (primary N) is 1. The van der Waals surface area contributed by atoms with E-state index in [1.165, 1.54) is 17.7 Å². The SMILES string of the molecule is CC(C)CC[C@H](C)C[C@@H]1[C@@]2(OC(=O)c3c(CCCN)cccc32)[C@@]23CCC4=C[C@@]12C(=O)O/C3=C(\O)C[C@@H](C)N1C[C@@H]2C[C@@H](CN(C2)C2=CC[C@H](C)C[C@@H]42)C1. The lowest BCUT2D eigenvalue weighted by molar-refractivity contribution is -0.274. The van der Waals surface area contributed by atoms with E-state index in [9.17, 15) is 9.90 Å². The molecule has 292 valence electrons. The first-order valence-electron chi connectivity index (χ1n) is 21.5. The largest absolute Gasteiger partial charge is 0.509 e. The molecule has 54 heavy (non-hydrogen) atoms. The zero-order valence-corrected chi connectivity index (χ0v) is 33.4. The number of hydrogen-bond donors (Lipinski definition) is 2. The van der Waals surface area contributed by atoms with Gasteiger partial charge in [-0.05, 0) is 100.0 Å². The fourth-order valence-corrected chi connectivity index (χ4v) is 13.3. The molecule has 8 bridgehead atoms. The molecule has 8 heterocycles. The Bertz CT molecular complexity index is 1800. The summed E-state index contributed by atoms with van der Waals surface area (Å²) in [5, 5.41) is 12.5. The van der Waals surface area contributed by atoms with Gasteiger partial charge in [0.1, 0.15) is 11.2 Å². The van der Waals surface area contributed by atoms with Gasteiger partial charge in [-0.2, -0.15) is 0 Å². The minimum atomic E-state index is -1.13. The van der Waals surface area contributed by atoms with Crippen LogP contribution >= 0.6 is 0 Å². The molecule has 8 nitrogen and oxygen atoms in total. The summed E-state index contributed by atoms with van der Waals surface area (Å²) in [5.41, 5.74) is 8.07. The number of carbonyl (C=O) groups excluding carboxylic acids is 2. The molecular formula is C46H63N3O5. The maximum absolute atomic E-state index is 15.2. The Hall–Kier alpha value is -3.10. The van der Waals surface area contributed by atoms with Crippen molar-refractivity contribution in [3.63, 3.8) is 0 Å². The first-order valence-corrected chi connectivity index (χ1v) is 21.5. The second kappa shape index (κ2) is 13.2. The molecule has 2 spiro atoms. The number of ether oxygens (including phenoxy) is 2. The van der Waals surface area contributed by atoms with Crippen LogP contribution in [-0.4, -0.2) is 65.6 Å². The molecule has 1 aromatic carbocycles. The molecule has 1 unspecified atom stereocenters. The Labute approximate surface area is 322 Å². The number of rotatable bonds is 8. The highest BCUT2D eigenvalue weighted by Gasteiger charge is 2.91. The van der Waals surface area contributed by atoms with Crippen LogP contribution in [-0.2, 0) is 26.3 Å². The zero-order chi connectivity index (χ0) is 37.7. The van der Waals surface area contributed by atoms with Crippen molar-refractivity contribution in [3.8, 4) is 0 Å². The second-order valence-corrected chi connectivity index (χ2v) is 19.5. The Morgan fingerprint density at radius 3 is 2.56 bits per heavy atom. The molecule has 11 atom stereocenters. The summed E-state index contributed by atoms with van der Waals surface area (Å²) in [6.45, 7) is 16.1. The molecule has 3 aliphatic carbocycles. The highest BCUT2D eigenvalue weighted by Crippen LogP contribution is 2.85. The van der Waals surface area contributed by atoms with Crippen LogP contribution in [0.3, 0.4) is 0 Å². The van der Waals surface area contributed by atoms with Crippen molar-refractivity contribution in [3.05, 3.63) is 69.8 Å². The molecule has 1 saturated carbocycles. The highest BCUT2D eigenvalue weighted by atomic mass is 16.6. The van der Waals surface area contributed by atoms with Gasteiger partial charge in [-0.15, -0.1) is 0 Å². The fourth-order valence-electron chi connectivity index (χ4n) is 13.3. The van der Waals surface area contributed by atoms with Crippen molar-refractivity contribution in [1.29, 1.82) is 0 Å². The predicted molar refractivity (Wildman–Crippen MR) is 209 cm³/mol. The van der Waals surface area contributed by atoms with Gasteiger partial charge in [-0.25, -0.2) is 4.79 Å². The van der Waals surface area contributed by atoms with Gasteiger partial charge in [-0.1, -0.05) is 76.5 Å². The van der Waals surface area contributed by atoms with Crippen LogP contribution in [0.4, 0.5) is 0 Å². The molecule has 0 aromatic heterocycles. The van der Waals surface area contributed by atoms with E-state index in [4.69, 9.17) is 15.2 Å². The van der Waals surface area contributed by atoms with Crippen molar-refractivity contribution in [2.45, 2.75) is 117 Å². The van der Waals surface area contributed by atoms with Crippen molar-refractivity contribution in [2.24, 2.45) is 58.0 Å². The van der Waals surface area contributed by atoms with Gasteiger partial charge in [0.25, 0.3) is 0 Å². The van der Waals surface area contributed by atoms with E-state index >= 15 is 4.79 Å². The van der Waals surface area contributed by atoms with Crippen molar-refractivity contribution >= 4 is 11.9 Å². The Morgan fingerprint density at radius 2 is 1.81 bits per heavy atom. The van der Waals surface area contributed by atoms with Gasteiger partial charge in [0.05, 0.1) is 11.0 Å². The molecular weight excluding hydrogens is 675 g/mol. The molecule has 4 fully saturated rings. The van der Waals surface area contributed by atoms with E-state index in [1.54, 1.807) is 0 Å². The lowest BCUT2D eigenvalue weighted by atomic mass is 9.31. The molecule has 3 N–H and O–H groups in total. The molecule has 1 aromatic rings. The van der Waals surface area contributed by atoms with Crippen LogP contribution in [0.25, 0.3) is 0 Å². The number of hydrogen-bond acceptors (Lipinski definition) is 8. The van der Waals surface area contributed by atoms with E-state index < -0.39 is 16.4 Å². The van der Waals surface area contributed by atoms with Gasteiger partial charge in [0, 0.05) is 61.7 Å². The van der Waals surface area contributed by atoms with Crippen molar-refractivity contribution < 1.29 is 24.2 Å². The average molecular weight is 738 g/mol. The van der Waals surface area contributed by atoms with Gasteiger partial charge in [0.15, 0.2) is 11.4 Å². The normalized spacial score (nSPS) is 41.0. The zero-order valence-electron chi connectivity index (χ0n) is 33.4. The minimum Gasteiger partial charge on any atom is -0.509 e. The summed E-state index contributed by atoms with van der Waals surface area (Å²) in [4.78, 5) is 35.0. The first kappa shape index (κ1) is 36.5. The van der Waals surface area contributed by atoms with Crippen LogP contribution in [0.15, 0.2) is 53.1 Å². The second-order valence-electron chi connectivity index (χ2n) is 19.5. The summed E-state index contributed by atoms with van der Waals surface area (Å²) >= 11 is 0. The number of aliphatic hydroxyl groups is 1. The molecule has 11 aliphatic rings. The van der Waals surface area contributed by atoms with Gasteiger partial charge in [-0.3, -0.25) is 9.69 Å². The average Bonchev–Trinajstić information content (AvgIpc) is 3.60. The number of allylic oxidation sites excluding steroid dienone is 2. The van der Waals surface area contributed by atoms with Crippen molar-refractivity contribution in [2.75, 3.05) is 32.7 Å². The van der Waals surface area contributed by atoms with Crippen LogP contribution in [0.5, 0.6) is 0 Å². The summed E-state index contributed by atoms with van der Waals surface area (Å²) < 4.78 is 13.6. The maximum atomic E-state index is 15.2. The monoisotopic (exact) mass is 737 g/mol. The lowest BCUT2D eigenvalue weighted by Crippen LogP contribution is -2.75. The summed E-state index contributed by atoms with van der Waals surface area (Å²) in [6.07, 6.45) is 14.4. The molecule has 0 amide bonds. The third-order valence-electron chi connectivity index (χ3n) is 15.6. The summed E-state index contributed by atoms with van der Waals surface area (Å²) in [7, 11) is 0. The smallest absolute Gasteiger partial charge is 0.339 e. The number of aryl methyl sites for hydroxylation is 1. The number of piperidine rings is 2. The van der Waals surface area contributed by atoms with Gasteiger partial charge >= 0.3 is 11.9 Å². The van der Waals surface area contributed by atoms with E-state index in [2.05, 4.69) is 68.7 Å². The number of aliphatic hydroxyl groups excluding tert-OH is 1. The number of fused-ring (bicyclic) bond motifs is 2. The van der Waals surface area contributed by atoms with Gasteiger partial charge < -0.3 is 25.2 Å². The van der Waals surface area contributed by atoms with Crippen LogP contribution in [0, 0.1) is 52.3 Å². The summed E-state index contributed by atoms with van der Waals surface area (Å²) in [5.74, 6) is 2.46. The number of benzene rings is 1. The third-order valence-corrected chi connectivity index (χ3v) is 15.6. The van der Waals surface area contributed by atoms with E-state index in [0.29, 0.717) is 66.7 Å². The summed E-state index contributed by atoms with van der Waals surface area (Å²) in [6, 6.07) is 6.25. The molecule has 8 aliphatic heterocycles. The molecule has 12 rings (SSSR count). The maximum Gasteiger partial charge on any atom is 0.339 e. The Morgan fingerprint density at radius 1 is 1.04 bits per heavy atom. The number of esters is 2. The van der Waals surface area contributed by atoms with Crippen LogP contribution in [0.2, 0.25) is 0 Å². The Kier molecular flexibility index (Phi) is 8.96. The predicted octanol–water partition coefficient (Wildman–Crippen LogP) is 8.03. The topological polar surface area (TPSA) is 105 Å². The molecule has 8 heteroatoms. The standard InChI is InChI=1S/C46H63N3O5/c1-27(2)11-12-29(4)19-39-44-22-34-15-16-45(44,46(39)36-10-6-8-33(9-7-17-47)40(36)42(51)54-46)41(53-43(44)52)38(50)20-30(5)48-23-31-21-32(24-48)26-49(25-31)37-14-13-28(3)18-35(34)37/h6,8,10,14,22,27-32,35,39,50H,7,9,11-13,15-21,23-26,47H2,1-5H3/b41-38-/t28-,29-,30+,31-,32+,35-,39-,44-,45+,46+/m0/s1. The van der Waals surface area contributed by atoms with E-state index in [0.717, 1.165) is 82.3 Å². The molecule has 0 radical (unpaired) electrons.